The van der Waals surface area contributed by atoms with Crippen LogP contribution >= 0.6 is 24.2 Å². The SMILES string of the molecule is CNCCN(C)C(=O)C(Sc1cc(F)ccc1F)c1ccccc1.Cl. The summed E-state index contributed by atoms with van der Waals surface area (Å²) < 4.78 is 27.4. The molecule has 136 valence electrons. The van der Waals surface area contributed by atoms with E-state index >= 15 is 0 Å². The first-order valence-electron chi connectivity index (χ1n) is 7.59. The van der Waals surface area contributed by atoms with Crippen LogP contribution in [0.1, 0.15) is 10.8 Å². The molecule has 0 bridgehead atoms. The zero-order valence-corrected chi connectivity index (χ0v) is 15.7. The number of benzene rings is 2. The monoisotopic (exact) mass is 386 g/mol. The van der Waals surface area contributed by atoms with Crippen molar-refractivity contribution in [2.24, 2.45) is 0 Å². The van der Waals surface area contributed by atoms with Crippen molar-refractivity contribution in [3.05, 3.63) is 65.7 Å². The number of hydrogen-bond donors (Lipinski definition) is 1. The van der Waals surface area contributed by atoms with Gasteiger partial charge in [0.2, 0.25) is 5.91 Å². The fraction of sp³-hybridized carbons (Fsp3) is 0.278. The molecule has 0 aliphatic heterocycles. The number of nitrogens with one attached hydrogen (secondary N) is 1. The first-order chi connectivity index (χ1) is 11.5. The van der Waals surface area contributed by atoms with Crippen molar-refractivity contribution in [1.82, 2.24) is 10.2 Å². The summed E-state index contributed by atoms with van der Waals surface area (Å²) in [6.45, 7) is 1.19. The zero-order chi connectivity index (χ0) is 17.5. The number of likely N-dealkylation sites (N-methyl/N-ethyl adjacent to an activating group) is 2. The quantitative estimate of drug-likeness (QED) is 0.732. The highest BCUT2D eigenvalue weighted by atomic mass is 35.5. The van der Waals surface area contributed by atoms with Crippen LogP contribution in [0.3, 0.4) is 0 Å². The van der Waals surface area contributed by atoms with Crippen LogP contribution in [0, 0.1) is 11.6 Å². The Labute approximate surface area is 157 Å². The summed E-state index contributed by atoms with van der Waals surface area (Å²) in [5.41, 5.74) is 0.757. The third-order valence-corrected chi connectivity index (χ3v) is 4.81. The Bertz CT molecular complexity index is 688. The number of hydrogen-bond acceptors (Lipinski definition) is 3. The van der Waals surface area contributed by atoms with Gasteiger partial charge in [-0.3, -0.25) is 4.79 Å². The van der Waals surface area contributed by atoms with E-state index in [1.165, 1.54) is 0 Å². The summed E-state index contributed by atoms with van der Waals surface area (Å²) in [7, 11) is 3.52. The van der Waals surface area contributed by atoms with Crippen molar-refractivity contribution >= 4 is 30.1 Å². The van der Waals surface area contributed by atoms with E-state index in [2.05, 4.69) is 5.32 Å². The summed E-state index contributed by atoms with van der Waals surface area (Å²) in [5.74, 6) is -1.21. The fourth-order valence-corrected chi connectivity index (χ4v) is 3.36. The highest BCUT2D eigenvalue weighted by Crippen LogP contribution is 2.38. The van der Waals surface area contributed by atoms with E-state index in [4.69, 9.17) is 0 Å². The zero-order valence-electron chi connectivity index (χ0n) is 14.0. The number of nitrogens with zero attached hydrogens (tertiary/aromatic N) is 1. The minimum absolute atomic E-state index is 0. The van der Waals surface area contributed by atoms with Gasteiger partial charge in [-0.05, 0) is 30.8 Å². The molecule has 1 amide bonds. The smallest absolute Gasteiger partial charge is 0.240 e. The van der Waals surface area contributed by atoms with E-state index in [1.807, 2.05) is 37.4 Å². The van der Waals surface area contributed by atoms with Crippen LogP contribution in [-0.2, 0) is 4.79 Å². The van der Waals surface area contributed by atoms with Crippen LogP contribution in [0.2, 0.25) is 0 Å². The molecule has 0 radical (unpaired) electrons. The van der Waals surface area contributed by atoms with E-state index in [0.717, 1.165) is 35.5 Å². The minimum Gasteiger partial charge on any atom is -0.343 e. The third-order valence-electron chi connectivity index (χ3n) is 3.54. The molecular weight excluding hydrogens is 366 g/mol. The van der Waals surface area contributed by atoms with Crippen LogP contribution in [0.25, 0.3) is 0 Å². The fourth-order valence-electron chi connectivity index (χ4n) is 2.17. The molecule has 1 atom stereocenters. The largest absolute Gasteiger partial charge is 0.343 e. The lowest BCUT2D eigenvalue weighted by atomic mass is 10.1. The summed E-state index contributed by atoms with van der Waals surface area (Å²) >= 11 is 1.03. The average Bonchev–Trinajstić information content (AvgIpc) is 2.60. The molecule has 1 N–H and O–H groups in total. The Kier molecular flexibility index (Phi) is 8.89. The van der Waals surface area contributed by atoms with Gasteiger partial charge < -0.3 is 10.2 Å². The van der Waals surface area contributed by atoms with Crippen LogP contribution in [0.15, 0.2) is 53.4 Å². The van der Waals surface area contributed by atoms with Crippen LogP contribution in [0.5, 0.6) is 0 Å². The number of carbonyl (C=O) groups is 1. The lowest BCUT2D eigenvalue weighted by molar-refractivity contribution is -0.129. The predicted octanol–water partition coefficient (Wildman–Crippen LogP) is 3.90. The molecule has 25 heavy (non-hydrogen) atoms. The molecule has 1 unspecified atom stereocenters. The lowest BCUT2D eigenvalue weighted by Gasteiger charge is -2.24. The molecule has 0 fully saturated rings. The summed E-state index contributed by atoms with van der Waals surface area (Å²) in [5, 5.41) is 2.35. The molecule has 7 heteroatoms. The second kappa shape index (κ2) is 10.4. The van der Waals surface area contributed by atoms with Crippen molar-refractivity contribution in [2.45, 2.75) is 10.1 Å². The van der Waals surface area contributed by atoms with E-state index in [1.54, 1.807) is 11.9 Å². The molecule has 2 aromatic rings. The topological polar surface area (TPSA) is 32.3 Å². The number of amides is 1. The first-order valence-corrected chi connectivity index (χ1v) is 8.47. The van der Waals surface area contributed by atoms with Crippen molar-refractivity contribution in [1.29, 1.82) is 0 Å². The highest BCUT2D eigenvalue weighted by Gasteiger charge is 2.26. The van der Waals surface area contributed by atoms with Gasteiger partial charge in [0.15, 0.2) is 0 Å². The Hall–Kier alpha value is -1.63. The molecule has 0 saturated carbocycles. The average molecular weight is 387 g/mol. The van der Waals surface area contributed by atoms with Gasteiger partial charge in [0.1, 0.15) is 16.9 Å². The van der Waals surface area contributed by atoms with Crippen molar-refractivity contribution in [2.75, 3.05) is 27.2 Å². The maximum Gasteiger partial charge on any atom is 0.240 e. The van der Waals surface area contributed by atoms with Crippen molar-refractivity contribution in [3.63, 3.8) is 0 Å². The number of halogens is 3. The van der Waals surface area contributed by atoms with Gasteiger partial charge in [-0.25, -0.2) is 8.78 Å². The molecule has 0 aliphatic carbocycles. The van der Waals surface area contributed by atoms with Gasteiger partial charge in [0, 0.05) is 25.0 Å². The first kappa shape index (κ1) is 21.4. The lowest BCUT2D eigenvalue weighted by Crippen LogP contribution is -2.35. The summed E-state index contributed by atoms with van der Waals surface area (Å²) in [4.78, 5) is 14.5. The molecule has 3 nitrogen and oxygen atoms in total. The van der Waals surface area contributed by atoms with Crippen LogP contribution < -0.4 is 5.32 Å². The number of carbonyl (C=O) groups excluding carboxylic acids is 1. The predicted molar refractivity (Wildman–Crippen MR) is 100 cm³/mol. The normalized spacial score (nSPS) is 11.5. The molecule has 0 aliphatic rings. The number of rotatable bonds is 7. The molecule has 0 spiro atoms. The van der Waals surface area contributed by atoms with Crippen LogP contribution in [0.4, 0.5) is 8.78 Å². The molecule has 0 aromatic heterocycles. The van der Waals surface area contributed by atoms with E-state index in [9.17, 15) is 13.6 Å². The Balaban J connectivity index is 0.00000312. The molecule has 0 heterocycles. The minimum atomic E-state index is -0.635. The standard InChI is InChI=1S/C18H20F2N2OS.ClH/c1-21-10-11-22(2)18(23)17(13-6-4-3-5-7-13)24-16-12-14(19)8-9-15(16)20;/h3-9,12,17,21H,10-11H2,1-2H3;1H. The maximum atomic E-state index is 14.0. The van der Waals surface area contributed by atoms with Gasteiger partial charge in [-0.15, -0.1) is 24.2 Å². The van der Waals surface area contributed by atoms with E-state index in [-0.39, 0.29) is 23.2 Å². The van der Waals surface area contributed by atoms with Gasteiger partial charge in [0.05, 0.1) is 0 Å². The Morgan fingerprint density at radius 2 is 1.88 bits per heavy atom. The Morgan fingerprint density at radius 1 is 1.20 bits per heavy atom. The van der Waals surface area contributed by atoms with Gasteiger partial charge in [0.25, 0.3) is 0 Å². The second-order valence-electron chi connectivity index (χ2n) is 5.35. The van der Waals surface area contributed by atoms with Crippen LogP contribution in [-0.4, -0.2) is 38.0 Å². The van der Waals surface area contributed by atoms with E-state index < -0.39 is 16.9 Å². The number of thioether (sulfide) groups is 1. The van der Waals surface area contributed by atoms with Crippen molar-refractivity contribution < 1.29 is 13.6 Å². The van der Waals surface area contributed by atoms with Gasteiger partial charge in [-0.1, -0.05) is 30.3 Å². The van der Waals surface area contributed by atoms with E-state index in [0.29, 0.717) is 13.1 Å². The molecule has 2 aromatic carbocycles. The molecule has 0 saturated heterocycles. The summed E-state index contributed by atoms with van der Waals surface area (Å²) in [6.07, 6.45) is 0. The molecule has 2 rings (SSSR count). The van der Waals surface area contributed by atoms with Gasteiger partial charge >= 0.3 is 0 Å². The van der Waals surface area contributed by atoms with Gasteiger partial charge in [-0.2, -0.15) is 0 Å². The highest BCUT2D eigenvalue weighted by molar-refractivity contribution is 8.00. The second-order valence-corrected chi connectivity index (χ2v) is 6.49. The summed E-state index contributed by atoms with van der Waals surface area (Å²) in [6, 6.07) is 12.4. The molecular formula is C18H21ClF2N2OS. The third kappa shape index (κ3) is 5.99. The maximum absolute atomic E-state index is 14.0. The van der Waals surface area contributed by atoms with Crippen molar-refractivity contribution in [3.8, 4) is 0 Å². The Morgan fingerprint density at radius 3 is 2.52 bits per heavy atom.